The molecule has 1 aromatic rings. The summed E-state index contributed by atoms with van der Waals surface area (Å²) in [5.41, 5.74) is 0.530. The van der Waals surface area contributed by atoms with Gasteiger partial charge in [0.05, 0.1) is 16.6 Å². The molecule has 4 nitrogen and oxygen atoms in total. The zero-order valence-electron chi connectivity index (χ0n) is 12.1. The fraction of sp³-hybridized carbons (Fsp3) is 0.500. The van der Waals surface area contributed by atoms with E-state index in [2.05, 4.69) is 5.32 Å². The third kappa shape index (κ3) is 3.23. The molecular formula is C16H18Cl2N2O2. The van der Waals surface area contributed by atoms with Gasteiger partial charge >= 0.3 is 0 Å². The first kappa shape index (κ1) is 15.6. The van der Waals surface area contributed by atoms with Crippen LogP contribution in [0.5, 0.6) is 0 Å². The molecule has 22 heavy (non-hydrogen) atoms. The van der Waals surface area contributed by atoms with Gasteiger partial charge in [-0.2, -0.15) is 0 Å². The quantitative estimate of drug-likeness (QED) is 0.911. The zero-order chi connectivity index (χ0) is 15.7. The van der Waals surface area contributed by atoms with Crippen LogP contribution < -0.4 is 5.32 Å². The van der Waals surface area contributed by atoms with Crippen LogP contribution in [0, 0.1) is 5.92 Å². The molecule has 0 bridgehead atoms. The van der Waals surface area contributed by atoms with Crippen LogP contribution >= 0.6 is 23.2 Å². The molecule has 0 radical (unpaired) electrons. The highest BCUT2D eigenvalue weighted by Gasteiger charge is 2.38. The van der Waals surface area contributed by atoms with Gasteiger partial charge in [0, 0.05) is 24.0 Å². The number of halogens is 2. The molecule has 1 saturated heterocycles. The normalized spacial score (nSPS) is 22.4. The number of hydrogen-bond donors (Lipinski definition) is 1. The number of likely N-dealkylation sites (tertiary alicyclic amines) is 1. The maximum atomic E-state index is 12.4. The minimum Gasteiger partial charge on any atom is -0.339 e. The lowest BCUT2D eigenvalue weighted by Gasteiger charge is -2.23. The Bertz CT molecular complexity index is 600. The Hall–Kier alpha value is -1.26. The minimum atomic E-state index is -0.306. The fourth-order valence-corrected chi connectivity index (χ4v) is 3.76. The van der Waals surface area contributed by atoms with Gasteiger partial charge in [-0.1, -0.05) is 36.0 Å². The van der Waals surface area contributed by atoms with E-state index in [1.165, 1.54) is 12.8 Å². The average Bonchev–Trinajstić information content (AvgIpc) is 3.10. The van der Waals surface area contributed by atoms with Crippen LogP contribution in [0.2, 0.25) is 10.0 Å². The van der Waals surface area contributed by atoms with E-state index < -0.39 is 0 Å². The summed E-state index contributed by atoms with van der Waals surface area (Å²) < 4.78 is 0. The summed E-state index contributed by atoms with van der Waals surface area (Å²) in [5, 5.41) is 3.72. The maximum absolute atomic E-state index is 12.4. The second-order valence-corrected chi connectivity index (χ2v) is 6.84. The minimum absolute atomic E-state index is 0.0919. The molecule has 118 valence electrons. The predicted molar refractivity (Wildman–Crippen MR) is 87.2 cm³/mol. The standard InChI is InChI=1S/C16H18Cl2N2O2/c17-11-5-6-14(13(18)8-11)19-16(22)10-7-15(21)20(9-10)12-3-1-2-4-12/h5-6,8,10,12H,1-4,7,9H2,(H,19,22)/t10-/m0/s1. The Morgan fingerprint density at radius 2 is 1.95 bits per heavy atom. The van der Waals surface area contributed by atoms with E-state index in [0.29, 0.717) is 28.3 Å². The first-order valence-electron chi connectivity index (χ1n) is 7.60. The summed E-state index contributed by atoms with van der Waals surface area (Å²) >= 11 is 11.9. The monoisotopic (exact) mass is 340 g/mol. The van der Waals surface area contributed by atoms with Crippen molar-refractivity contribution in [3.05, 3.63) is 28.2 Å². The summed E-state index contributed by atoms with van der Waals surface area (Å²) in [5.74, 6) is -0.368. The highest BCUT2D eigenvalue weighted by Crippen LogP contribution is 2.31. The van der Waals surface area contributed by atoms with Crippen LogP contribution in [0.4, 0.5) is 5.69 Å². The lowest BCUT2D eigenvalue weighted by atomic mass is 10.1. The molecule has 1 aliphatic carbocycles. The van der Waals surface area contributed by atoms with Crippen molar-refractivity contribution in [2.75, 3.05) is 11.9 Å². The lowest BCUT2D eigenvalue weighted by Crippen LogP contribution is -2.35. The third-order valence-electron chi connectivity index (χ3n) is 4.48. The van der Waals surface area contributed by atoms with Crippen LogP contribution in [-0.4, -0.2) is 29.3 Å². The summed E-state index contributed by atoms with van der Waals surface area (Å²) in [4.78, 5) is 26.4. The van der Waals surface area contributed by atoms with Gasteiger partial charge in [0.15, 0.2) is 0 Å². The van der Waals surface area contributed by atoms with Gasteiger partial charge in [0.25, 0.3) is 0 Å². The number of rotatable bonds is 3. The van der Waals surface area contributed by atoms with Crippen LogP contribution in [0.1, 0.15) is 32.1 Å². The van der Waals surface area contributed by atoms with Gasteiger partial charge in [-0.05, 0) is 31.0 Å². The molecule has 1 atom stereocenters. The van der Waals surface area contributed by atoms with Gasteiger partial charge in [-0.15, -0.1) is 0 Å². The molecule has 1 heterocycles. The molecule has 0 unspecified atom stereocenters. The molecule has 2 aliphatic rings. The average molecular weight is 341 g/mol. The van der Waals surface area contributed by atoms with E-state index >= 15 is 0 Å². The molecule has 6 heteroatoms. The first-order chi connectivity index (χ1) is 10.5. The molecule has 3 rings (SSSR count). The Kier molecular flexibility index (Phi) is 4.59. The highest BCUT2D eigenvalue weighted by atomic mass is 35.5. The van der Waals surface area contributed by atoms with Gasteiger partial charge < -0.3 is 10.2 Å². The van der Waals surface area contributed by atoms with Crippen molar-refractivity contribution in [3.8, 4) is 0 Å². The number of benzene rings is 1. The number of hydrogen-bond acceptors (Lipinski definition) is 2. The van der Waals surface area contributed by atoms with E-state index in [4.69, 9.17) is 23.2 Å². The van der Waals surface area contributed by atoms with Gasteiger partial charge in [0.1, 0.15) is 0 Å². The van der Waals surface area contributed by atoms with Crippen molar-refractivity contribution in [2.24, 2.45) is 5.92 Å². The molecular weight excluding hydrogens is 323 g/mol. The number of carbonyl (C=O) groups is 2. The van der Waals surface area contributed by atoms with Crippen LogP contribution in [0.3, 0.4) is 0 Å². The Morgan fingerprint density at radius 3 is 2.64 bits per heavy atom. The van der Waals surface area contributed by atoms with E-state index in [1.807, 2.05) is 4.90 Å². The molecule has 1 saturated carbocycles. The van der Waals surface area contributed by atoms with Crippen molar-refractivity contribution in [1.82, 2.24) is 4.90 Å². The summed E-state index contributed by atoms with van der Waals surface area (Å²) in [6, 6.07) is 5.26. The number of carbonyl (C=O) groups excluding carboxylic acids is 2. The predicted octanol–water partition coefficient (Wildman–Crippen LogP) is 3.72. The van der Waals surface area contributed by atoms with E-state index in [9.17, 15) is 9.59 Å². The Labute approximate surface area is 139 Å². The molecule has 1 aliphatic heterocycles. The van der Waals surface area contributed by atoms with Gasteiger partial charge in [-0.25, -0.2) is 0 Å². The lowest BCUT2D eigenvalue weighted by molar-refractivity contribution is -0.129. The second-order valence-electron chi connectivity index (χ2n) is 6.00. The fourth-order valence-electron chi connectivity index (χ4n) is 3.30. The smallest absolute Gasteiger partial charge is 0.229 e. The van der Waals surface area contributed by atoms with Crippen molar-refractivity contribution >= 4 is 40.7 Å². The summed E-state index contributed by atoms with van der Waals surface area (Å²) in [7, 11) is 0. The number of anilines is 1. The second kappa shape index (κ2) is 6.47. The number of nitrogens with one attached hydrogen (secondary N) is 1. The molecule has 2 amide bonds. The Balaban J connectivity index is 1.64. The van der Waals surface area contributed by atoms with E-state index in [1.54, 1.807) is 18.2 Å². The van der Waals surface area contributed by atoms with Crippen molar-refractivity contribution in [1.29, 1.82) is 0 Å². The molecule has 2 fully saturated rings. The van der Waals surface area contributed by atoms with Crippen LogP contribution in [-0.2, 0) is 9.59 Å². The third-order valence-corrected chi connectivity index (χ3v) is 5.03. The Morgan fingerprint density at radius 1 is 1.23 bits per heavy atom. The molecule has 0 spiro atoms. The molecule has 1 N–H and O–H groups in total. The SMILES string of the molecule is O=C(Nc1ccc(Cl)cc1Cl)[C@H]1CC(=O)N(C2CCCC2)C1. The number of amides is 2. The van der Waals surface area contributed by atoms with E-state index in [0.717, 1.165) is 12.8 Å². The van der Waals surface area contributed by atoms with Gasteiger partial charge in [-0.3, -0.25) is 9.59 Å². The first-order valence-corrected chi connectivity index (χ1v) is 8.35. The van der Waals surface area contributed by atoms with Crippen LogP contribution in [0.25, 0.3) is 0 Å². The van der Waals surface area contributed by atoms with Crippen molar-refractivity contribution < 1.29 is 9.59 Å². The van der Waals surface area contributed by atoms with Gasteiger partial charge in [0.2, 0.25) is 11.8 Å². The van der Waals surface area contributed by atoms with E-state index in [-0.39, 0.29) is 24.2 Å². The van der Waals surface area contributed by atoms with Crippen LogP contribution in [0.15, 0.2) is 18.2 Å². The van der Waals surface area contributed by atoms with Crippen molar-refractivity contribution in [2.45, 2.75) is 38.1 Å². The van der Waals surface area contributed by atoms with Crippen molar-refractivity contribution in [3.63, 3.8) is 0 Å². The summed E-state index contributed by atoms with van der Waals surface area (Å²) in [6.07, 6.45) is 4.75. The largest absolute Gasteiger partial charge is 0.339 e. The summed E-state index contributed by atoms with van der Waals surface area (Å²) in [6.45, 7) is 0.514. The maximum Gasteiger partial charge on any atom is 0.229 e. The number of nitrogens with zero attached hydrogens (tertiary/aromatic N) is 1. The highest BCUT2D eigenvalue weighted by molar-refractivity contribution is 6.36. The topological polar surface area (TPSA) is 49.4 Å². The molecule has 1 aromatic carbocycles. The zero-order valence-corrected chi connectivity index (χ0v) is 13.7. The molecule has 0 aromatic heterocycles.